The lowest BCUT2D eigenvalue weighted by molar-refractivity contribution is -0.117. The summed E-state index contributed by atoms with van der Waals surface area (Å²) >= 11 is 12.0. The molecule has 0 aliphatic heterocycles. The highest BCUT2D eigenvalue weighted by Gasteiger charge is 2.15. The molecule has 1 aromatic carbocycles. The number of ether oxygens (including phenoxy) is 1. The largest absolute Gasteiger partial charge is 0.430 e. The van der Waals surface area contributed by atoms with E-state index >= 15 is 0 Å². The predicted octanol–water partition coefficient (Wildman–Crippen LogP) is 4.74. The number of amides is 1. The van der Waals surface area contributed by atoms with Crippen molar-refractivity contribution in [2.45, 2.75) is 47.1 Å². The average Bonchev–Trinajstić information content (AvgIpc) is 2.75. The van der Waals surface area contributed by atoms with Gasteiger partial charge in [0.05, 0.1) is 10.0 Å². The Balaban J connectivity index is 2.80. The molecule has 0 aliphatic carbocycles. The van der Waals surface area contributed by atoms with Gasteiger partial charge >= 0.3 is 0 Å². The number of carbonyl (C=O) groups excluding carboxylic acids is 1. The Morgan fingerprint density at radius 1 is 1.09 bits per heavy atom. The maximum atomic E-state index is 12.9. The smallest absolute Gasteiger partial charge is 0.273 e. The minimum Gasteiger partial charge on any atom is -0.430 e. The lowest BCUT2D eigenvalue weighted by atomic mass is 10.2. The lowest BCUT2D eigenvalue weighted by Gasteiger charge is -2.18. The molecule has 0 fully saturated rings. The van der Waals surface area contributed by atoms with Crippen molar-refractivity contribution in [1.82, 2.24) is 16.0 Å². The molecule has 6 N–H and O–H groups in total. The normalized spacial score (nSPS) is 11.1. The lowest BCUT2D eigenvalue weighted by Crippen LogP contribution is -2.38. The van der Waals surface area contributed by atoms with Gasteiger partial charge in [0.1, 0.15) is 11.5 Å². The zero-order valence-corrected chi connectivity index (χ0v) is 20.2. The van der Waals surface area contributed by atoms with E-state index in [2.05, 4.69) is 16.0 Å². The topological polar surface area (TPSA) is 134 Å². The fraction of sp³-hybridized carbons (Fsp3) is 0.364. The van der Waals surface area contributed by atoms with Crippen LogP contribution in [0.1, 0.15) is 46.1 Å². The van der Waals surface area contributed by atoms with Gasteiger partial charge in [-0.2, -0.15) is 0 Å². The first-order chi connectivity index (χ1) is 15.1. The van der Waals surface area contributed by atoms with E-state index in [1.54, 1.807) is 26.0 Å². The van der Waals surface area contributed by atoms with E-state index in [9.17, 15) is 4.79 Å². The van der Waals surface area contributed by atoms with Gasteiger partial charge in [0.25, 0.3) is 5.91 Å². The Labute approximate surface area is 198 Å². The molecule has 0 spiro atoms. The first-order valence-corrected chi connectivity index (χ1v) is 10.8. The molecule has 0 heterocycles. The first-order valence-electron chi connectivity index (χ1n) is 10.0. The minimum absolute atomic E-state index is 0.0143. The van der Waals surface area contributed by atoms with E-state index in [4.69, 9.17) is 44.2 Å². The SMILES string of the molecule is CCC(=N)OC(=N)CCN/C(C(=O)NC(NCc1ccc(Cl)c(Cl)c1)=C(C)C)=C(/C)C=N. The highest BCUT2D eigenvalue weighted by Crippen LogP contribution is 2.22. The van der Waals surface area contributed by atoms with Gasteiger partial charge in [0.15, 0.2) is 11.8 Å². The summed E-state index contributed by atoms with van der Waals surface area (Å²) in [6, 6.07) is 5.30. The molecule has 8 nitrogen and oxygen atoms in total. The van der Waals surface area contributed by atoms with Crippen molar-refractivity contribution in [3.63, 3.8) is 0 Å². The fourth-order valence-corrected chi connectivity index (χ4v) is 2.73. The third-order valence-electron chi connectivity index (χ3n) is 4.25. The van der Waals surface area contributed by atoms with E-state index in [1.165, 1.54) is 0 Å². The summed E-state index contributed by atoms with van der Waals surface area (Å²) in [5, 5.41) is 32.7. The van der Waals surface area contributed by atoms with E-state index < -0.39 is 5.91 Å². The molecule has 0 radical (unpaired) electrons. The second-order valence-corrected chi connectivity index (χ2v) is 7.93. The molecular weight excluding hydrogens is 451 g/mol. The summed E-state index contributed by atoms with van der Waals surface area (Å²) in [5.41, 5.74) is 2.41. The van der Waals surface area contributed by atoms with Crippen molar-refractivity contribution in [1.29, 1.82) is 16.2 Å². The van der Waals surface area contributed by atoms with Crippen LogP contribution >= 0.6 is 23.2 Å². The van der Waals surface area contributed by atoms with Crippen molar-refractivity contribution in [2.24, 2.45) is 0 Å². The molecule has 0 atom stereocenters. The third-order valence-corrected chi connectivity index (χ3v) is 4.99. The number of benzene rings is 1. The van der Waals surface area contributed by atoms with Crippen molar-refractivity contribution in [2.75, 3.05) is 6.54 Å². The summed E-state index contributed by atoms with van der Waals surface area (Å²) in [5.74, 6) is 0.0635. The molecule has 1 aromatic rings. The Morgan fingerprint density at radius 3 is 2.34 bits per heavy atom. The Morgan fingerprint density at radius 2 is 1.78 bits per heavy atom. The quantitative estimate of drug-likeness (QED) is 0.155. The van der Waals surface area contributed by atoms with E-state index in [1.807, 2.05) is 19.9 Å². The van der Waals surface area contributed by atoms with E-state index in [0.717, 1.165) is 17.4 Å². The van der Waals surface area contributed by atoms with Crippen LogP contribution in [0.3, 0.4) is 0 Å². The molecule has 0 saturated heterocycles. The number of hydrogen-bond donors (Lipinski definition) is 6. The maximum Gasteiger partial charge on any atom is 0.273 e. The van der Waals surface area contributed by atoms with Crippen molar-refractivity contribution in [3.05, 3.63) is 56.5 Å². The summed E-state index contributed by atoms with van der Waals surface area (Å²) in [7, 11) is 0. The van der Waals surface area contributed by atoms with Crippen LogP contribution in [-0.2, 0) is 16.1 Å². The van der Waals surface area contributed by atoms with Crippen LogP contribution in [0.4, 0.5) is 0 Å². The van der Waals surface area contributed by atoms with Gasteiger partial charge in [0, 0.05) is 32.1 Å². The molecule has 1 rings (SSSR count). The second-order valence-electron chi connectivity index (χ2n) is 7.11. The van der Waals surface area contributed by atoms with Crippen LogP contribution in [-0.4, -0.2) is 30.5 Å². The second kappa shape index (κ2) is 13.5. The summed E-state index contributed by atoms with van der Waals surface area (Å²) in [6.07, 6.45) is 1.67. The molecular formula is C22H30Cl2N6O2. The van der Waals surface area contributed by atoms with Gasteiger partial charge in [-0.1, -0.05) is 36.2 Å². The van der Waals surface area contributed by atoms with E-state index in [0.29, 0.717) is 34.4 Å². The molecule has 174 valence electrons. The zero-order valence-electron chi connectivity index (χ0n) is 18.7. The standard InChI is InChI=1S/C22H30Cl2N6O2/c1-5-18(26)32-19(27)8-9-28-20(14(4)11-25)22(31)30-21(13(2)3)29-12-15-6-7-16(23)17(24)10-15/h6-7,10-11,25-29H,5,8-9,12H2,1-4H3,(H,30,31)/b20-14-,25-11?,26-18?,27-19?. The van der Waals surface area contributed by atoms with Gasteiger partial charge in [-0.3, -0.25) is 15.6 Å². The molecule has 0 aromatic heterocycles. The predicted molar refractivity (Wildman–Crippen MR) is 131 cm³/mol. The van der Waals surface area contributed by atoms with Crippen molar-refractivity contribution in [3.8, 4) is 0 Å². The number of allylic oxidation sites excluding steroid dienone is 2. The van der Waals surface area contributed by atoms with Gasteiger partial charge in [0.2, 0.25) is 0 Å². The molecule has 1 amide bonds. The maximum absolute atomic E-state index is 12.9. The first kappa shape index (κ1) is 27.2. The number of rotatable bonds is 11. The molecule has 0 bridgehead atoms. The average molecular weight is 481 g/mol. The Hall–Kier alpha value is -2.84. The fourth-order valence-electron chi connectivity index (χ4n) is 2.41. The summed E-state index contributed by atoms with van der Waals surface area (Å²) in [6.45, 7) is 7.80. The molecule has 0 unspecified atom stereocenters. The van der Waals surface area contributed by atoms with Crippen LogP contribution < -0.4 is 16.0 Å². The molecule has 0 saturated carbocycles. The van der Waals surface area contributed by atoms with Crippen LogP contribution in [0.2, 0.25) is 10.0 Å². The number of hydrogen-bond acceptors (Lipinski definition) is 7. The van der Waals surface area contributed by atoms with Crippen LogP contribution in [0.25, 0.3) is 0 Å². The molecule has 32 heavy (non-hydrogen) atoms. The summed E-state index contributed by atoms with van der Waals surface area (Å²) < 4.78 is 5.04. The van der Waals surface area contributed by atoms with Crippen LogP contribution in [0.5, 0.6) is 0 Å². The van der Waals surface area contributed by atoms with Gasteiger partial charge in [-0.05, 0) is 49.6 Å². The van der Waals surface area contributed by atoms with Crippen molar-refractivity contribution >= 4 is 47.1 Å². The van der Waals surface area contributed by atoms with E-state index in [-0.39, 0.29) is 30.5 Å². The number of carbonyl (C=O) groups is 1. The number of nitrogens with one attached hydrogen (secondary N) is 6. The van der Waals surface area contributed by atoms with Gasteiger partial charge < -0.3 is 26.1 Å². The highest BCUT2D eigenvalue weighted by molar-refractivity contribution is 6.42. The summed E-state index contributed by atoms with van der Waals surface area (Å²) in [4.78, 5) is 12.9. The minimum atomic E-state index is -0.419. The van der Waals surface area contributed by atoms with Gasteiger partial charge in [-0.25, -0.2) is 0 Å². The monoisotopic (exact) mass is 480 g/mol. The highest BCUT2D eigenvalue weighted by atomic mass is 35.5. The third kappa shape index (κ3) is 9.11. The van der Waals surface area contributed by atoms with Gasteiger partial charge in [-0.15, -0.1) is 0 Å². The molecule has 10 heteroatoms. The van der Waals surface area contributed by atoms with Crippen LogP contribution in [0, 0.1) is 16.2 Å². The Bertz CT molecular complexity index is 936. The Kier molecular flexibility index (Phi) is 11.5. The van der Waals surface area contributed by atoms with Crippen LogP contribution in [0.15, 0.2) is 40.9 Å². The molecule has 0 aliphatic rings. The van der Waals surface area contributed by atoms with Crippen molar-refractivity contribution < 1.29 is 9.53 Å². The zero-order chi connectivity index (χ0) is 24.3. The number of halogens is 2.